The first-order valence-electron chi connectivity index (χ1n) is 14.4. The third-order valence-electron chi connectivity index (χ3n) is 8.74. The van der Waals surface area contributed by atoms with Gasteiger partial charge in [0.05, 0.1) is 16.6 Å². The van der Waals surface area contributed by atoms with Gasteiger partial charge in [-0.05, 0) is 99.3 Å². The van der Waals surface area contributed by atoms with Gasteiger partial charge >= 0.3 is 0 Å². The summed E-state index contributed by atoms with van der Waals surface area (Å²) in [6.45, 7) is 6.11. The molecule has 4 heterocycles. The number of aromatic nitrogens is 3. The molecule has 7 rings (SSSR count). The van der Waals surface area contributed by atoms with Gasteiger partial charge in [0.25, 0.3) is 5.91 Å². The van der Waals surface area contributed by atoms with Crippen LogP contribution in [0, 0.1) is 12.8 Å². The summed E-state index contributed by atoms with van der Waals surface area (Å²) in [4.78, 5) is 24.6. The molecule has 0 radical (unpaired) electrons. The minimum atomic E-state index is -0.0711. The van der Waals surface area contributed by atoms with Gasteiger partial charge in [-0.1, -0.05) is 36.4 Å². The number of imidazole rings is 1. The summed E-state index contributed by atoms with van der Waals surface area (Å²) >= 11 is 0. The Morgan fingerprint density at radius 3 is 2.59 bits per heavy atom. The topological polar surface area (TPSA) is 62.5 Å². The highest BCUT2D eigenvalue weighted by Crippen LogP contribution is 2.33. The van der Waals surface area contributed by atoms with Crippen molar-refractivity contribution in [3.63, 3.8) is 0 Å². The first kappa shape index (κ1) is 24.3. The summed E-state index contributed by atoms with van der Waals surface area (Å²) in [6.07, 6.45) is 7.61. The predicted octanol–water partition coefficient (Wildman–Crippen LogP) is 5.91. The van der Waals surface area contributed by atoms with Gasteiger partial charge < -0.3 is 10.2 Å². The summed E-state index contributed by atoms with van der Waals surface area (Å²) in [6, 6.07) is 21.7. The highest BCUT2D eigenvalue weighted by atomic mass is 16.1. The molecule has 1 aliphatic carbocycles. The first-order chi connectivity index (χ1) is 19.1. The Kier molecular flexibility index (Phi) is 6.28. The number of benzene rings is 2. The number of piperidine rings is 1. The first-order valence-corrected chi connectivity index (χ1v) is 14.4. The average molecular weight is 518 g/mol. The second-order valence-corrected chi connectivity index (χ2v) is 11.4. The molecule has 2 fully saturated rings. The van der Waals surface area contributed by atoms with E-state index >= 15 is 0 Å². The van der Waals surface area contributed by atoms with E-state index in [1.54, 1.807) is 6.33 Å². The number of hydrogen-bond acceptors (Lipinski definition) is 4. The van der Waals surface area contributed by atoms with Crippen molar-refractivity contribution in [1.82, 2.24) is 24.6 Å². The Bertz CT molecular complexity index is 1680. The number of likely N-dealkylation sites (tertiary alicyclic amines) is 1. The van der Waals surface area contributed by atoms with E-state index in [0.29, 0.717) is 17.5 Å². The van der Waals surface area contributed by atoms with E-state index in [9.17, 15) is 4.79 Å². The van der Waals surface area contributed by atoms with Crippen LogP contribution >= 0.6 is 0 Å². The summed E-state index contributed by atoms with van der Waals surface area (Å²) in [5.74, 6) is 1.17. The van der Waals surface area contributed by atoms with E-state index in [0.717, 1.165) is 54.8 Å². The molecule has 198 valence electrons. The lowest BCUT2D eigenvalue weighted by Gasteiger charge is -2.32. The van der Waals surface area contributed by atoms with Gasteiger partial charge in [-0.15, -0.1) is 0 Å². The van der Waals surface area contributed by atoms with E-state index in [1.807, 2.05) is 0 Å². The van der Waals surface area contributed by atoms with Crippen LogP contribution in [0.4, 0.5) is 0 Å². The molecule has 1 saturated carbocycles. The Balaban J connectivity index is 1.03. The zero-order valence-corrected chi connectivity index (χ0v) is 22.6. The molecule has 1 N–H and O–H groups in total. The molecule has 0 unspecified atom stereocenters. The van der Waals surface area contributed by atoms with Crippen molar-refractivity contribution in [2.75, 3.05) is 26.2 Å². The Hall–Kier alpha value is -3.77. The standard InChI is InChI=1S/C33H35N5O/c1-22-8-11-28-26(5-3-6-29(28)36-22)25-15-18-37(19-16-25)17-14-24-4-2-7-30-27(24)12-13-31-32(35-21-38(30)31)33(39)34-20-23-9-10-23/h2-8,11-13,21,23,25H,9-10,14-20H2,1H3,(H,34,39). The normalized spacial score (nSPS) is 16.8. The number of fused-ring (bicyclic) bond motifs is 4. The fourth-order valence-electron chi connectivity index (χ4n) is 6.29. The van der Waals surface area contributed by atoms with Gasteiger partial charge in [0.1, 0.15) is 6.33 Å². The number of carbonyl (C=O) groups excluding carboxylic acids is 1. The fraction of sp³-hybridized carbons (Fsp3) is 0.364. The van der Waals surface area contributed by atoms with Crippen LogP contribution < -0.4 is 5.32 Å². The summed E-state index contributed by atoms with van der Waals surface area (Å²) in [7, 11) is 0. The highest BCUT2D eigenvalue weighted by molar-refractivity contribution is 6.00. The van der Waals surface area contributed by atoms with Crippen molar-refractivity contribution in [1.29, 1.82) is 0 Å². The van der Waals surface area contributed by atoms with Crippen molar-refractivity contribution in [2.45, 2.75) is 44.9 Å². The van der Waals surface area contributed by atoms with E-state index in [4.69, 9.17) is 4.98 Å². The molecule has 0 spiro atoms. The summed E-state index contributed by atoms with van der Waals surface area (Å²) in [5.41, 5.74) is 7.49. The maximum absolute atomic E-state index is 12.7. The van der Waals surface area contributed by atoms with Crippen molar-refractivity contribution in [2.24, 2.45) is 5.92 Å². The van der Waals surface area contributed by atoms with Crippen LogP contribution in [-0.4, -0.2) is 51.4 Å². The molecule has 1 aliphatic heterocycles. The smallest absolute Gasteiger partial charge is 0.272 e. The molecule has 5 aromatic rings. The van der Waals surface area contributed by atoms with Crippen LogP contribution in [0.3, 0.4) is 0 Å². The zero-order chi connectivity index (χ0) is 26.3. The lowest BCUT2D eigenvalue weighted by atomic mass is 9.87. The second kappa shape index (κ2) is 10.1. The molecule has 0 bridgehead atoms. The van der Waals surface area contributed by atoms with E-state index in [1.165, 1.54) is 47.6 Å². The molecular weight excluding hydrogens is 482 g/mol. The van der Waals surface area contributed by atoms with Crippen molar-refractivity contribution in [3.05, 3.63) is 89.5 Å². The molecule has 2 aliphatic rings. The van der Waals surface area contributed by atoms with Crippen LogP contribution in [0.2, 0.25) is 0 Å². The fourth-order valence-corrected chi connectivity index (χ4v) is 6.29. The van der Waals surface area contributed by atoms with Crippen molar-refractivity contribution < 1.29 is 4.79 Å². The van der Waals surface area contributed by atoms with Crippen molar-refractivity contribution in [3.8, 4) is 0 Å². The Labute approximate surface area is 229 Å². The minimum absolute atomic E-state index is 0.0711. The monoisotopic (exact) mass is 517 g/mol. The molecule has 1 amide bonds. The second-order valence-electron chi connectivity index (χ2n) is 11.4. The van der Waals surface area contributed by atoms with E-state index < -0.39 is 0 Å². The zero-order valence-electron chi connectivity index (χ0n) is 22.6. The lowest BCUT2D eigenvalue weighted by molar-refractivity contribution is 0.0949. The molecule has 1 saturated heterocycles. The molecule has 0 atom stereocenters. The third kappa shape index (κ3) is 4.78. The number of nitrogens with one attached hydrogen (secondary N) is 1. The van der Waals surface area contributed by atoms with Gasteiger partial charge in [0, 0.05) is 29.6 Å². The minimum Gasteiger partial charge on any atom is -0.350 e. The quantitative estimate of drug-likeness (QED) is 0.292. The Morgan fingerprint density at radius 2 is 1.74 bits per heavy atom. The lowest BCUT2D eigenvalue weighted by Crippen LogP contribution is -2.34. The Morgan fingerprint density at radius 1 is 0.923 bits per heavy atom. The molecule has 3 aromatic heterocycles. The van der Waals surface area contributed by atoms with Gasteiger partial charge in [-0.25, -0.2) is 4.98 Å². The SMILES string of the molecule is Cc1ccc2c(C3CCN(CCc4cccc5c4ccc4c(C(=O)NCC6CC6)ncn45)CC3)cccc2n1. The van der Waals surface area contributed by atoms with Gasteiger partial charge in [-0.2, -0.15) is 0 Å². The molecule has 6 heteroatoms. The summed E-state index contributed by atoms with van der Waals surface area (Å²) in [5, 5.41) is 5.60. The number of aryl methyl sites for hydroxylation is 1. The largest absolute Gasteiger partial charge is 0.350 e. The molecule has 6 nitrogen and oxygen atoms in total. The summed E-state index contributed by atoms with van der Waals surface area (Å²) < 4.78 is 2.07. The van der Waals surface area contributed by atoms with Gasteiger partial charge in [0.2, 0.25) is 0 Å². The van der Waals surface area contributed by atoms with Crippen molar-refractivity contribution >= 4 is 33.2 Å². The van der Waals surface area contributed by atoms with Crippen LogP contribution in [0.15, 0.2) is 67.0 Å². The van der Waals surface area contributed by atoms with Crippen LogP contribution in [-0.2, 0) is 6.42 Å². The van der Waals surface area contributed by atoms with Crippen LogP contribution in [0.5, 0.6) is 0 Å². The number of hydrogen-bond donors (Lipinski definition) is 1. The van der Waals surface area contributed by atoms with E-state index in [-0.39, 0.29) is 5.91 Å². The predicted molar refractivity (Wildman–Crippen MR) is 156 cm³/mol. The van der Waals surface area contributed by atoms with Crippen LogP contribution in [0.1, 0.15) is 58.9 Å². The van der Waals surface area contributed by atoms with Gasteiger partial charge in [-0.3, -0.25) is 14.2 Å². The number of carbonyl (C=O) groups is 1. The maximum atomic E-state index is 12.7. The molecular formula is C33H35N5O. The average Bonchev–Trinajstić information content (AvgIpc) is 3.70. The van der Waals surface area contributed by atoms with Gasteiger partial charge in [0.15, 0.2) is 5.69 Å². The number of nitrogens with zero attached hydrogens (tertiary/aromatic N) is 4. The van der Waals surface area contributed by atoms with Crippen LogP contribution in [0.25, 0.3) is 27.3 Å². The van der Waals surface area contributed by atoms with E-state index in [2.05, 4.69) is 87.2 Å². The number of rotatable bonds is 7. The number of amides is 1. The third-order valence-corrected chi connectivity index (χ3v) is 8.74. The molecule has 2 aromatic carbocycles. The molecule has 39 heavy (non-hydrogen) atoms. The number of pyridine rings is 2. The maximum Gasteiger partial charge on any atom is 0.272 e. The highest BCUT2D eigenvalue weighted by Gasteiger charge is 2.24.